The van der Waals surface area contributed by atoms with Crippen LogP contribution >= 0.6 is 23.2 Å². The van der Waals surface area contributed by atoms with E-state index in [0.29, 0.717) is 5.02 Å². The van der Waals surface area contributed by atoms with E-state index in [-0.39, 0.29) is 22.1 Å². The van der Waals surface area contributed by atoms with Crippen LogP contribution in [-0.2, 0) is 4.74 Å². The summed E-state index contributed by atoms with van der Waals surface area (Å²) in [5, 5.41) is 3.13. The van der Waals surface area contributed by atoms with E-state index in [1.165, 1.54) is 31.4 Å². The lowest BCUT2D eigenvalue weighted by Gasteiger charge is -2.10. The second-order valence-corrected chi connectivity index (χ2v) is 4.80. The quantitative estimate of drug-likeness (QED) is 0.693. The highest BCUT2D eigenvalue weighted by molar-refractivity contribution is 6.31. The number of ether oxygens (including phenoxy) is 1. The number of rotatable bonds is 3. The van der Waals surface area contributed by atoms with Gasteiger partial charge in [-0.1, -0.05) is 29.3 Å². The number of hydrogen-bond acceptors (Lipinski definition) is 4. The van der Waals surface area contributed by atoms with E-state index in [1.807, 2.05) is 0 Å². The maximum Gasteiger partial charge on any atom is 0.339 e. The number of halogens is 2. The van der Waals surface area contributed by atoms with Crippen molar-refractivity contribution in [1.29, 1.82) is 0 Å². The minimum atomic E-state index is -0.582. The van der Waals surface area contributed by atoms with Crippen LogP contribution in [0.3, 0.4) is 0 Å². The molecule has 2 aromatic rings. The highest BCUT2D eigenvalue weighted by Gasteiger charge is 2.16. The van der Waals surface area contributed by atoms with Gasteiger partial charge in [0, 0.05) is 5.02 Å². The Kier molecular flexibility index (Phi) is 4.77. The zero-order chi connectivity index (χ0) is 15.4. The molecule has 0 unspecified atom stereocenters. The first kappa shape index (κ1) is 15.3. The summed E-state index contributed by atoms with van der Waals surface area (Å²) in [7, 11) is 1.25. The van der Waals surface area contributed by atoms with Gasteiger partial charge in [-0.15, -0.1) is 0 Å². The summed E-state index contributed by atoms with van der Waals surface area (Å²) in [5.74, 6) is -1.09. The highest BCUT2D eigenvalue weighted by Crippen LogP contribution is 2.22. The number of pyridine rings is 1. The van der Waals surface area contributed by atoms with Crippen molar-refractivity contribution in [2.24, 2.45) is 0 Å². The predicted molar refractivity (Wildman–Crippen MR) is 80.0 cm³/mol. The highest BCUT2D eigenvalue weighted by atomic mass is 35.5. The Morgan fingerprint density at radius 1 is 1.19 bits per heavy atom. The zero-order valence-corrected chi connectivity index (χ0v) is 12.4. The summed E-state index contributed by atoms with van der Waals surface area (Å²) in [4.78, 5) is 27.7. The summed E-state index contributed by atoms with van der Waals surface area (Å²) in [6.45, 7) is 0. The second kappa shape index (κ2) is 6.56. The van der Waals surface area contributed by atoms with Crippen molar-refractivity contribution in [2.45, 2.75) is 0 Å². The van der Waals surface area contributed by atoms with Gasteiger partial charge in [-0.3, -0.25) is 4.79 Å². The fraction of sp³-hybridized carbons (Fsp3) is 0.0714. The first-order valence-electron chi connectivity index (χ1n) is 5.83. The monoisotopic (exact) mass is 324 g/mol. The van der Waals surface area contributed by atoms with Crippen molar-refractivity contribution in [3.05, 3.63) is 57.8 Å². The van der Waals surface area contributed by atoms with Gasteiger partial charge in [0.2, 0.25) is 0 Å². The number of nitrogens with zero attached hydrogens (tertiary/aromatic N) is 1. The Bertz CT molecular complexity index is 704. The van der Waals surface area contributed by atoms with Gasteiger partial charge in [-0.2, -0.15) is 0 Å². The fourth-order valence-electron chi connectivity index (χ4n) is 1.63. The van der Waals surface area contributed by atoms with E-state index in [0.717, 1.165) is 0 Å². The Labute approximate surface area is 130 Å². The van der Waals surface area contributed by atoms with Crippen LogP contribution in [0.1, 0.15) is 20.8 Å². The van der Waals surface area contributed by atoms with Crippen molar-refractivity contribution < 1.29 is 14.3 Å². The predicted octanol–water partition coefficient (Wildman–Crippen LogP) is 3.43. The largest absolute Gasteiger partial charge is 0.465 e. The second-order valence-electron chi connectivity index (χ2n) is 3.98. The fourth-order valence-corrected chi connectivity index (χ4v) is 1.96. The van der Waals surface area contributed by atoms with Crippen LogP contribution in [0.25, 0.3) is 0 Å². The van der Waals surface area contributed by atoms with Crippen LogP contribution < -0.4 is 5.32 Å². The molecule has 0 bridgehead atoms. The average Bonchev–Trinajstić information content (AvgIpc) is 2.46. The first-order chi connectivity index (χ1) is 10.0. The molecule has 0 aliphatic rings. The lowest BCUT2D eigenvalue weighted by molar-refractivity contribution is 0.0602. The molecule has 1 N–H and O–H groups in total. The van der Waals surface area contributed by atoms with E-state index in [2.05, 4.69) is 15.0 Å². The molecule has 108 valence electrons. The van der Waals surface area contributed by atoms with Crippen LogP contribution in [0, 0.1) is 0 Å². The molecule has 1 amide bonds. The van der Waals surface area contributed by atoms with Gasteiger partial charge in [0.15, 0.2) is 0 Å². The third-order valence-electron chi connectivity index (χ3n) is 2.58. The third-order valence-corrected chi connectivity index (χ3v) is 3.03. The minimum absolute atomic E-state index is 0.123. The number of aromatic nitrogens is 1. The molecular formula is C14H10Cl2N2O3. The van der Waals surface area contributed by atoms with Gasteiger partial charge >= 0.3 is 5.97 Å². The number of methoxy groups -OCH3 is 1. The Morgan fingerprint density at radius 3 is 2.62 bits per heavy atom. The molecule has 0 fully saturated rings. The molecule has 0 saturated carbocycles. The van der Waals surface area contributed by atoms with E-state index >= 15 is 0 Å². The van der Waals surface area contributed by atoms with Gasteiger partial charge in [0.05, 0.1) is 18.4 Å². The van der Waals surface area contributed by atoms with Crippen molar-refractivity contribution in [3.63, 3.8) is 0 Å². The topological polar surface area (TPSA) is 68.3 Å². The minimum Gasteiger partial charge on any atom is -0.465 e. The Hall–Kier alpha value is -2.11. The van der Waals surface area contributed by atoms with Crippen molar-refractivity contribution in [3.8, 4) is 0 Å². The maximum absolute atomic E-state index is 12.1. The summed E-state index contributed by atoms with van der Waals surface area (Å²) < 4.78 is 4.65. The lowest BCUT2D eigenvalue weighted by Crippen LogP contribution is -2.16. The normalized spacial score (nSPS) is 10.0. The summed E-state index contributed by atoms with van der Waals surface area (Å²) in [6.07, 6.45) is 0. The molecular weight excluding hydrogens is 315 g/mol. The zero-order valence-electron chi connectivity index (χ0n) is 10.9. The standard InChI is InChI=1S/C14H10Cl2N2O3/c1-21-14(20)9-6-5-8(15)7-11(9)18-13(19)10-3-2-4-12(16)17-10/h2-7H,1H3,(H,18,19). The molecule has 1 aromatic carbocycles. The van der Waals surface area contributed by atoms with Gasteiger partial charge in [-0.05, 0) is 30.3 Å². The van der Waals surface area contributed by atoms with Crippen molar-refractivity contribution in [2.75, 3.05) is 12.4 Å². The summed E-state index contributed by atoms with van der Waals surface area (Å²) in [5.41, 5.74) is 0.552. The number of amides is 1. The number of carbonyl (C=O) groups excluding carboxylic acids is 2. The number of anilines is 1. The molecule has 21 heavy (non-hydrogen) atoms. The molecule has 5 nitrogen and oxygen atoms in total. The van der Waals surface area contributed by atoms with Gasteiger partial charge < -0.3 is 10.1 Å². The average molecular weight is 325 g/mol. The Morgan fingerprint density at radius 2 is 1.95 bits per heavy atom. The Balaban J connectivity index is 2.32. The van der Waals surface area contributed by atoms with Crippen LogP contribution in [0.4, 0.5) is 5.69 Å². The van der Waals surface area contributed by atoms with E-state index < -0.39 is 11.9 Å². The number of benzene rings is 1. The molecule has 1 aromatic heterocycles. The van der Waals surface area contributed by atoms with Crippen LogP contribution in [0.2, 0.25) is 10.2 Å². The molecule has 0 atom stereocenters. The van der Waals surface area contributed by atoms with Crippen LogP contribution in [0.5, 0.6) is 0 Å². The molecule has 0 aliphatic carbocycles. The number of nitrogens with one attached hydrogen (secondary N) is 1. The van der Waals surface area contributed by atoms with Crippen molar-refractivity contribution in [1.82, 2.24) is 4.98 Å². The lowest BCUT2D eigenvalue weighted by atomic mass is 10.1. The number of esters is 1. The molecule has 2 rings (SSSR count). The van der Waals surface area contributed by atoms with Gasteiger partial charge in [0.25, 0.3) is 5.91 Å². The molecule has 7 heteroatoms. The molecule has 0 saturated heterocycles. The first-order valence-corrected chi connectivity index (χ1v) is 6.58. The maximum atomic E-state index is 12.1. The summed E-state index contributed by atoms with van der Waals surface area (Å²) >= 11 is 11.6. The van der Waals surface area contributed by atoms with Crippen LogP contribution in [0.15, 0.2) is 36.4 Å². The van der Waals surface area contributed by atoms with E-state index in [4.69, 9.17) is 23.2 Å². The molecule has 0 aliphatic heterocycles. The van der Waals surface area contributed by atoms with E-state index in [9.17, 15) is 9.59 Å². The van der Waals surface area contributed by atoms with Gasteiger partial charge in [-0.25, -0.2) is 9.78 Å². The number of carbonyl (C=O) groups is 2. The SMILES string of the molecule is COC(=O)c1ccc(Cl)cc1NC(=O)c1cccc(Cl)n1. The van der Waals surface area contributed by atoms with Gasteiger partial charge in [0.1, 0.15) is 10.8 Å². The third kappa shape index (κ3) is 3.71. The van der Waals surface area contributed by atoms with E-state index in [1.54, 1.807) is 12.1 Å². The summed E-state index contributed by atoms with van der Waals surface area (Å²) in [6, 6.07) is 9.11. The van der Waals surface area contributed by atoms with Crippen LogP contribution in [-0.4, -0.2) is 24.0 Å². The number of hydrogen-bond donors (Lipinski definition) is 1. The molecule has 0 spiro atoms. The van der Waals surface area contributed by atoms with Crippen molar-refractivity contribution >= 4 is 40.8 Å². The smallest absolute Gasteiger partial charge is 0.339 e. The molecule has 0 radical (unpaired) electrons. The molecule has 1 heterocycles.